The van der Waals surface area contributed by atoms with Crippen LogP contribution in [0, 0.1) is 17.0 Å². The maximum atomic E-state index is 12.3. The molecule has 0 atom stereocenters. The van der Waals surface area contributed by atoms with Crippen LogP contribution in [0.15, 0.2) is 48.1 Å². The van der Waals surface area contributed by atoms with Crippen LogP contribution in [-0.2, 0) is 0 Å². The minimum Gasteiger partial charge on any atom is -0.298 e. The van der Waals surface area contributed by atoms with E-state index in [-0.39, 0.29) is 11.6 Å². The lowest BCUT2D eigenvalue weighted by molar-refractivity contribution is -0.385. The van der Waals surface area contributed by atoms with Gasteiger partial charge in [0.15, 0.2) is 5.13 Å². The molecule has 0 unspecified atom stereocenters. The van der Waals surface area contributed by atoms with Crippen molar-refractivity contribution in [3.63, 3.8) is 0 Å². The number of carbonyl (C=O) groups is 1. The molecule has 2 aromatic heterocycles. The van der Waals surface area contributed by atoms with Gasteiger partial charge in [-0.25, -0.2) is 4.98 Å². The Bertz CT molecular complexity index is 909. The summed E-state index contributed by atoms with van der Waals surface area (Å²) in [7, 11) is 0. The number of nitro benzene ring substituents is 1. The number of anilines is 1. The van der Waals surface area contributed by atoms with Crippen LogP contribution in [-0.4, -0.2) is 20.8 Å². The summed E-state index contributed by atoms with van der Waals surface area (Å²) in [6.07, 6.45) is 3.37. The van der Waals surface area contributed by atoms with Crippen molar-refractivity contribution in [3.05, 3.63) is 69.3 Å². The van der Waals surface area contributed by atoms with Crippen LogP contribution >= 0.6 is 11.3 Å². The normalized spacial score (nSPS) is 10.4. The monoisotopic (exact) mass is 340 g/mol. The fourth-order valence-electron chi connectivity index (χ4n) is 2.15. The smallest absolute Gasteiger partial charge is 0.272 e. The second-order valence-corrected chi connectivity index (χ2v) is 5.85. The van der Waals surface area contributed by atoms with Gasteiger partial charge in [-0.05, 0) is 31.2 Å². The summed E-state index contributed by atoms with van der Waals surface area (Å²) in [5.74, 6) is -0.361. The molecule has 24 heavy (non-hydrogen) atoms. The number of hydrogen-bond acceptors (Lipinski definition) is 6. The van der Waals surface area contributed by atoms with Gasteiger partial charge in [-0.3, -0.25) is 25.2 Å². The van der Waals surface area contributed by atoms with E-state index in [1.54, 1.807) is 19.3 Å². The van der Waals surface area contributed by atoms with Gasteiger partial charge < -0.3 is 0 Å². The zero-order valence-corrected chi connectivity index (χ0v) is 13.4. The molecule has 0 bridgehead atoms. The Kier molecular flexibility index (Phi) is 4.30. The molecule has 7 nitrogen and oxygen atoms in total. The molecule has 1 N–H and O–H groups in total. The van der Waals surface area contributed by atoms with Crippen molar-refractivity contribution in [2.24, 2.45) is 0 Å². The number of thiazole rings is 1. The van der Waals surface area contributed by atoms with Crippen LogP contribution < -0.4 is 5.32 Å². The fraction of sp³-hybridized carbons (Fsp3) is 0.0625. The van der Waals surface area contributed by atoms with E-state index < -0.39 is 4.92 Å². The molecular formula is C16H12N4O3S. The van der Waals surface area contributed by atoms with Crippen LogP contribution in [0.5, 0.6) is 0 Å². The molecule has 0 fully saturated rings. The van der Waals surface area contributed by atoms with Gasteiger partial charge in [0.2, 0.25) is 0 Å². The first-order valence-corrected chi connectivity index (χ1v) is 7.85. The predicted molar refractivity (Wildman–Crippen MR) is 91.1 cm³/mol. The molecule has 3 aromatic rings. The van der Waals surface area contributed by atoms with Crippen molar-refractivity contribution in [2.45, 2.75) is 6.92 Å². The van der Waals surface area contributed by atoms with Gasteiger partial charge in [0.1, 0.15) is 0 Å². The Morgan fingerprint density at radius 3 is 2.83 bits per heavy atom. The summed E-state index contributed by atoms with van der Waals surface area (Å²) < 4.78 is 0. The van der Waals surface area contributed by atoms with E-state index in [1.807, 2.05) is 17.5 Å². The molecule has 3 rings (SSSR count). The lowest BCUT2D eigenvalue weighted by Gasteiger charge is -2.03. The summed E-state index contributed by atoms with van der Waals surface area (Å²) >= 11 is 1.30. The van der Waals surface area contributed by atoms with Crippen LogP contribution in [0.4, 0.5) is 10.8 Å². The zero-order valence-electron chi connectivity index (χ0n) is 12.6. The molecular weight excluding hydrogens is 328 g/mol. The minimum atomic E-state index is -0.474. The number of aromatic nitrogens is 2. The predicted octanol–water partition coefficient (Wildman–Crippen LogP) is 3.67. The van der Waals surface area contributed by atoms with Crippen LogP contribution in [0.2, 0.25) is 0 Å². The third-order valence-electron chi connectivity index (χ3n) is 3.34. The Morgan fingerprint density at radius 1 is 1.33 bits per heavy atom. The van der Waals surface area contributed by atoms with Crippen molar-refractivity contribution >= 4 is 28.1 Å². The molecule has 0 aliphatic rings. The highest BCUT2D eigenvalue weighted by atomic mass is 32.1. The summed E-state index contributed by atoms with van der Waals surface area (Å²) in [5, 5.41) is 15.8. The van der Waals surface area contributed by atoms with Gasteiger partial charge in [-0.1, -0.05) is 0 Å². The Balaban J connectivity index is 1.77. The third kappa shape index (κ3) is 3.28. The van der Waals surface area contributed by atoms with Gasteiger partial charge in [0.05, 0.1) is 10.6 Å². The molecule has 8 heteroatoms. The Hall–Kier alpha value is -3.13. The number of carbonyl (C=O) groups excluding carboxylic acids is 1. The lowest BCUT2D eigenvalue weighted by Crippen LogP contribution is -2.12. The first-order valence-electron chi connectivity index (χ1n) is 6.97. The molecule has 0 aliphatic carbocycles. The Labute approximate surface area is 141 Å². The SMILES string of the molecule is Cc1cc(C(=O)Nc2nc(-c3cccnc3)cs2)ccc1[N+](=O)[O-]. The summed E-state index contributed by atoms with van der Waals surface area (Å²) in [6, 6.07) is 7.94. The minimum absolute atomic E-state index is 0.0142. The van der Waals surface area contributed by atoms with Crippen molar-refractivity contribution in [3.8, 4) is 11.3 Å². The largest absolute Gasteiger partial charge is 0.298 e. The molecule has 120 valence electrons. The number of nitrogens with one attached hydrogen (secondary N) is 1. The van der Waals surface area contributed by atoms with Gasteiger partial charge >= 0.3 is 0 Å². The van der Waals surface area contributed by atoms with Crippen molar-refractivity contribution in [1.29, 1.82) is 0 Å². The van der Waals surface area contributed by atoms with Crippen LogP contribution in [0.1, 0.15) is 15.9 Å². The van der Waals surface area contributed by atoms with E-state index in [1.165, 1.54) is 29.5 Å². The van der Waals surface area contributed by atoms with Crippen molar-refractivity contribution < 1.29 is 9.72 Å². The van der Waals surface area contributed by atoms with Crippen molar-refractivity contribution in [2.75, 3.05) is 5.32 Å². The number of pyridine rings is 1. The standard InChI is InChI=1S/C16H12N4O3S/c1-10-7-11(4-5-14(10)20(22)23)15(21)19-16-18-13(9-24-16)12-3-2-6-17-8-12/h2-9H,1H3,(H,18,19,21). The Morgan fingerprint density at radius 2 is 2.17 bits per heavy atom. The lowest BCUT2D eigenvalue weighted by atomic mass is 10.1. The average molecular weight is 340 g/mol. The van der Waals surface area contributed by atoms with E-state index in [2.05, 4.69) is 15.3 Å². The molecule has 0 saturated heterocycles. The number of nitrogens with zero attached hydrogens (tertiary/aromatic N) is 3. The quantitative estimate of drug-likeness (QED) is 0.577. The summed E-state index contributed by atoms with van der Waals surface area (Å²) in [5.41, 5.74) is 2.35. The second kappa shape index (κ2) is 6.55. The summed E-state index contributed by atoms with van der Waals surface area (Å²) in [6.45, 7) is 1.60. The van der Waals surface area contributed by atoms with E-state index in [9.17, 15) is 14.9 Å². The highest BCUT2D eigenvalue weighted by molar-refractivity contribution is 7.14. The van der Waals surface area contributed by atoms with E-state index in [4.69, 9.17) is 0 Å². The first kappa shape index (κ1) is 15.8. The van der Waals surface area contributed by atoms with Gasteiger partial charge in [0.25, 0.3) is 11.6 Å². The molecule has 1 amide bonds. The van der Waals surface area contributed by atoms with E-state index >= 15 is 0 Å². The van der Waals surface area contributed by atoms with Gasteiger partial charge in [-0.2, -0.15) is 0 Å². The highest BCUT2D eigenvalue weighted by Gasteiger charge is 2.15. The molecule has 0 aliphatic heterocycles. The zero-order chi connectivity index (χ0) is 17.1. The van der Waals surface area contributed by atoms with E-state index in [0.29, 0.717) is 16.3 Å². The molecule has 0 saturated carbocycles. The number of hydrogen-bond donors (Lipinski definition) is 1. The number of amides is 1. The maximum absolute atomic E-state index is 12.3. The van der Waals surface area contributed by atoms with Gasteiger partial charge in [-0.15, -0.1) is 11.3 Å². The first-order chi connectivity index (χ1) is 11.5. The second-order valence-electron chi connectivity index (χ2n) is 4.99. The number of aryl methyl sites for hydroxylation is 1. The highest BCUT2D eigenvalue weighted by Crippen LogP contribution is 2.25. The molecule has 2 heterocycles. The fourth-order valence-corrected chi connectivity index (χ4v) is 2.86. The average Bonchev–Trinajstić information content (AvgIpc) is 3.03. The van der Waals surface area contributed by atoms with Crippen LogP contribution in [0.3, 0.4) is 0 Å². The van der Waals surface area contributed by atoms with Crippen LogP contribution in [0.25, 0.3) is 11.3 Å². The third-order valence-corrected chi connectivity index (χ3v) is 4.10. The molecule has 0 radical (unpaired) electrons. The molecule has 1 aromatic carbocycles. The topological polar surface area (TPSA) is 98.0 Å². The van der Waals surface area contributed by atoms with Gasteiger partial charge in [0, 0.05) is 40.5 Å². The van der Waals surface area contributed by atoms with E-state index in [0.717, 1.165) is 11.3 Å². The number of nitro groups is 1. The van der Waals surface area contributed by atoms with Crippen molar-refractivity contribution in [1.82, 2.24) is 9.97 Å². The summed E-state index contributed by atoms with van der Waals surface area (Å²) in [4.78, 5) is 31.0. The molecule has 0 spiro atoms. The number of benzene rings is 1. The maximum Gasteiger partial charge on any atom is 0.272 e. The number of rotatable bonds is 4.